The minimum absolute atomic E-state index is 0.146. The van der Waals surface area contributed by atoms with E-state index in [-0.39, 0.29) is 11.7 Å². The molecule has 4 aromatic rings. The van der Waals surface area contributed by atoms with E-state index in [2.05, 4.69) is 21.6 Å². The van der Waals surface area contributed by atoms with E-state index in [4.69, 9.17) is 23.2 Å². The van der Waals surface area contributed by atoms with Crippen molar-refractivity contribution in [1.82, 2.24) is 14.8 Å². The third-order valence-electron chi connectivity index (χ3n) is 4.14. The Morgan fingerprint density at radius 3 is 2.60 bits per heavy atom. The summed E-state index contributed by atoms with van der Waals surface area (Å²) >= 11 is 15.0. The Hall–Kier alpha value is -2.32. The zero-order valence-electron chi connectivity index (χ0n) is 15.6. The van der Waals surface area contributed by atoms with Gasteiger partial charge in [0, 0.05) is 32.7 Å². The van der Waals surface area contributed by atoms with Gasteiger partial charge in [-0.3, -0.25) is 9.36 Å². The summed E-state index contributed by atoms with van der Waals surface area (Å²) in [7, 11) is 0. The van der Waals surface area contributed by atoms with Gasteiger partial charge in [0.2, 0.25) is 5.91 Å². The Kier molecular flexibility index (Phi) is 6.74. The van der Waals surface area contributed by atoms with Crippen LogP contribution in [0.1, 0.15) is 10.7 Å². The molecule has 0 bridgehead atoms. The fraction of sp³-hybridized carbons (Fsp3) is 0.0952. The summed E-state index contributed by atoms with van der Waals surface area (Å²) in [6, 6.07) is 18.6. The van der Waals surface area contributed by atoms with Gasteiger partial charge in [-0.2, -0.15) is 0 Å². The van der Waals surface area contributed by atoms with E-state index < -0.39 is 0 Å². The molecule has 2 aromatic heterocycles. The highest BCUT2D eigenvalue weighted by Gasteiger charge is 2.17. The number of carbonyl (C=O) groups excluding carboxylic acids is 1. The third kappa shape index (κ3) is 5.23. The Bertz CT molecular complexity index is 1140. The van der Waals surface area contributed by atoms with Crippen molar-refractivity contribution < 1.29 is 4.79 Å². The van der Waals surface area contributed by atoms with Crippen LogP contribution in [0, 0.1) is 0 Å². The van der Waals surface area contributed by atoms with Crippen molar-refractivity contribution in [2.75, 3.05) is 11.1 Å². The molecule has 0 unspecified atom stereocenters. The molecule has 0 saturated carbocycles. The first-order chi connectivity index (χ1) is 14.6. The van der Waals surface area contributed by atoms with E-state index in [1.165, 1.54) is 16.6 Å². The molecule has 0 fully saturated rings. The van der Waals surface area contributed by atoms with Gasteiger partial charge in [0.25, 0.3) is 0 Å². The molecule has 0 radical (unpaired) electrons. The molecule has 0 spiro atoms. The van der Waals surface area contributed by atoms with Crippen molar-refractivity contribution >= 4 is 57.9 Å². The fourth-order valence-corrected chi connectivity index (χ4v) is 4.61. The van der Waals surface area contributed by atoms with E-state index in [9.17, 15) is 4.79 Å². The summed E-state index contributed by atoms with van der Waals surface area (Å²) in [6.45, 7) is 0. The van der Waals surface area contributed by atoms with Crippen LogP contribution in [-0.4, -0.2) is 26.4 Å². The molecule has 9 heteroatoms. The molecule has 0 aliphatic heterocycles. The first-order valence-corrected chi connectivity index (χ1v) is 11.6. The number of thiophene rings is 1. The minimum Gasteiger partial charge on any atom is -0.325 e. The van der Waals surface area contributed by atoms with Crippen LogP contribution in [0.25, 0.3) is 5.69 Å². The van der Waals surface area contributed by atoms with Crippen LogP contribution < -0.4 is 5.32 Å². The molecule has 0 atom stereocenters. The van der Waals surface area contributed by atoms with Crippen LogP contribution in [0.3, 0.4) is 0 Å². The third-order valence-corrected chi connectivity index (χ3v) is 6.43. The fourth-order valence-electron chi connectivity index (χ4n) is 2.82. The van der Waals surface area contributed by atoms with Crippen molar-refractivity contribution in [2.24, 2.45) is 0 Å². The van der Waals surface area contributed by atoms with Crippen molar-refractivity contribution in [3.05, 3.63) is 86.8 Å². The van der Waals surface area contributed by atoms with Crippen LogP contribution in [0.5, 0.6) is 0 Å². The Labute approximate surface area is 192 Å². The van der Waals surface area contributed by atoms with Gasteiger partial charge in [-0.05, 0) is 53.9 Å². The quantitative estimate of drug-likeness (QED) is 0.335. The van der Waals surface area contributed by atoms with Gasteiger partial charge in [0.05, 0.1) is 5.75 Å². The van der Waals surface area contributed by atoms with Crippen molar-refractivity contribution in [3.8, 4) is 5.69 Å². The highest BCUT2D eigenvalue weighted by atomic mass is 35.5. The maximum absolute atomic E-state index is 12.4. The number of nitrogens with zero attached hydrogens (tertiary/aromatic N) is 3. The number of amides is 1. The van der Waals surface area contributed by atoms with Crippen molar-refractivity contribution in [1.29, 1.82) is 0 Å². The van der Waals surface area contributed by atoms with Gasteiger partial charge in [-0.1, -0.05) is 47.1 Å². The van der Waals surface area contributed by atoms with Crippen molar-refractivity contribution in [2.45, 2.75) is 11.6 Å². The molecular formula is C21H16Cl2N4OS2. The summed E-state index contributed by atoms with van der Waals surface area (Å²) in [6.07, 6.45) is 0.655. The second-order valence-corrected chi connectivity index (χ2v) is 9.16. The van der Waals surface area contributed by atoms with E-state index in [0.717, 1.165) is 11.5 Å². The van der Waals surface area contributed by atoms with E-state index in [1.54, 1.807) is 35.6 Å². The molecule has 0 aliphatic rings. The van der Waals surface area contributed by atoms with Crippen LogP contribution in [0.4, 0.5) is 5.69 Å². The number of aromatic nitrogens is 3. The molecule has 5 nitrogen and oxygen atoms in total. The zero-order chi connectivity index (χ0) is 20.9. The number of halogens is 2. The lowest BCUT2D eigenvalue weighted by atomic mass is 10.3. The van der Waals surface area contributed by atoms with E-state index >= 15 is 0 Å². The number of benzene rings is 2. The molecule has 0 saturated heterocycles. The molecular weight excluding hydrogens is 459 g/mol. The average Bonchev–Trinajstić information content (AvgIpc) is 3.37. The maximum atomic E-state index is 12.4. The number of carbonyl (C=O) groups is 1. The molecule has 2 aromatic carbocycles. The van der Waals surface area contributed by atoms with Gasteiger partial charge in [0.15, 0.2) is 5.16 Å². The normalized spacial score (nSPS) is 10.9. The van der Waals surface area contributed by atoms with E-state index in [0.29, 0.717) is 27.3 Å². The number of hydrogen-bond acceptors (Lipinski definition) is 5. The Morgan fingerprint density at radius 1 is 1.03 bits per heavy atom. The molecule has 2 heterocycles. The summed E-state index contributed by atoms with van der Waals surface area (Å²) in [5, 5.41) is 15.5. The molecule has 0 aliphatic carbocycles. The first kappa shape index (κ1) is 20.9. The van der Waals surface area contributed by atoms with Gasteiger partial charge in [-0.25, -0.2) is 0 Å². The van der Waals surface area contributed by atoms with E-state index in [1.807, 2.05) is 40.3 Å². The van der Waals surface area contributed by atoms with Gasteiger partial charge in [0.1, 0.15) is 5.82 Å². The lowest BCUT2D eigenvalue weighted by Crippen LogP contribution is -2.14. The topological polar surface area (TPSA) is 59.8 Å². The van der Waals surface area contributed by atoms with Crippen LogP contribution in [0.15, 0.2) is 71.2 Å². The number of rotatable bonds is 7. The summed E-state index contributed by atoms with van der Waals surface area (Å²) in [5.74, 6) is 0.849. The number of hydrogen-bond donors (Lipinski definition) is 1. The predicted octanol–water partition coefficient (Wildman–Crippen LogP) is 5.96. The van der Waals surface area contributed by atoms with Crippen LogP contribution in [-0.2, 0) is 11.2 Å². The Balaban J connectivity index is 1.54. The number of anilines is 1. The molecule has 1 amide bonds. The molecule has 4 rings (SSSR count). The highest BCUT2D eigenvalue weighted by Crippen LogP contribution is 2.26. The summed E-state index contributed by atoms with van der Waals surface area (Å²) in [4.78, 5) is 13.6. The van der Waals surface area contributed by atoms with Gasteiger partial charge < -0.3 is 5.32 Å². The lowest BCUT2D eigenvalue weighted by molar-refractivity contribution is -0.113. The smallest absolute Gasteiger partial charge is 0.234 e. The summed E-state index contributed by atoms with van der Waals surface area (Å²) < 4.78 is 1.97. The average molecular weight is 475 g/mol. The zero-order valence-corrected chi connectivity index (χ0v) is 18.7. The monoisotopic (exact) mass is 474 g/mol. The van der Waals surface area contributed by atoms with Crippen molar-refractivity contribution in [3.63, 3.8) is 0 Å². The van der Waals surface area contributed by atoms with Gasteiger partial charge >= 0.3 is 0 Å². The maximum Gasteiger partial charge on any atom is 0.234 e. The predicted molar refractivity (Wildman–Crippen MR) is 124 cm³/mol. The van der Waals surface area contributed by atoms with Crippen LogP contribution in [0.2, 0.25) is 10.0 Å². The second kappa shape index (κ2) is 9.66. The largest absolute Gasteiger partial charge is 0.325 e. The number of nitrogens with one attached hydrogen (secondary N) is 1. The molecule has 1 N–H and O–H groups in total. The van der Waals surface area contributed by atoms with Gasteiger partial charge in [-0.15, -0.1) is 21.5 Å². The highest BCUT2D eigenvalue weighted by molar-refractivity contribution is 7.99. The first-order valence-electron chi connectivity index (χ1n) is 8.99. The SMILES string of the molecule is O=C(CSc1nnc(Cc2cccs2)n1-c1ccc(Cl)cc1)Nc1cccc(Cl)c1. The standard InChI is InChI=1S/C21H16Cl2N4OS2/c22-14-6-8-17(9-7-14)27-19(12-18-5-2-10-29-18)25-26-21(27)30-13-20(28)24-16-4-1-3-15(23)11-16/h1-11H,12-13H2,(H,24,28). The number of thioether (sulfide) groups is 1. The summed E-state index contributed by atoms with van der Waals surface area (Å²) in [5.41, 5.74) is 1.55. The Morgan fingerprint density at radius 2 is 1.87 bits per heavy atom. The van der Waals surface area contributed by atoms with Crippen LogP contribution >= 0.6 is 46.3 Å². The molecule has 152 valence electrons. The molecule has 30 heavy (non-hydrogen) atoms. The second-order valence-electron chi connectivity index (χ2n) is 6.31. The lowest BCUT2D eigenvalue weighted by Gasteiger charge is -2.10. The minimum atomic E-state index is -0.146.